The summed E-state index contributed by atoms with van der Waals surface area (Å²) in [6.45, 7) is 9.47. The highest BCUT2D eigenvalue weighted by Crippen LogP contribution is 2.45. The van der Waals surface area contributed by atoms with E-state index in [9.17, 15) is 5.26 Å². The lowest BCUT2D eigenvalue weighted by Gasteiger charge is -2.33. The van der Waals surface area contributed by atoms with E-state index in [2.05, 4.69) is 52.0 Å². The second kappa shape index (κ2) is 10.0. The molecule has 0 saturated heterocycles. The Morgan fingerprint density at radius 3 is 2.71 bits per heavy atom. The van der Waals surface area contributed by atoms with Gasteiger partial charge in [-0.25, -0.2) is 4.99 Å². The minimum atomic E-state index is 0.275. The van der Waals surface area contributed by atoms with Crippen molar-refractivity contribution in [2.45, 2.75) is 53.6 Å². The Labute approximate surface area is 206 Å². The van der Waals surface area contributed by atoms with Crippen LogP contribution in [0.2, 0.25) is 0 Å². The molecule has 0 spiro atoms. The molecule has 1 atom stereocenters. The number of thiophene rings is 1. The molecule has 2 aromatic carbocycles. The van der Waals surface area contributed by atoms with Crippen LogP contribution in [0, 0.1) is 29.6 Å². The first-order valence-corrected chi connectivity index (χ1v) is 12.5. The number of hydrogen-bond donors (Lipinski definition) is 0. The maximum absolute atomic E-state index is 9.82. The fraction of sp³-hybridized carbons (Fsp3) is 0.379. The van der Waals surface area contributed by atoms with Gasteiger partial charge in [0.05, 0.1) is 12.7 Å². The highest BCUT2D eigenvalue weighted by Gasteiger charge is 2.32. The number of nitrogens with zero attached hydrogens (tertiary/aromatic N) is 2. The second-order valence-electron chi connectivity index (χ2n) is 10.0. The van der Waals surface area contributed by atoms with Crippen LogP contribution in [-0.4, -0.2) is 13.3 Å². The van der Waals surface area contributed by atoms with Gasteiger partial charge in [-0.3, -0.25) is 0 Å². The molecule has 4 nitrogen and oxygen atoms in total. The molecule has 1 aliphatic rings. The van der Waals surface area contributed by atoms with E-state index < -0.39 is 0 Å². The summed E-state index contributed by atoms with van der Waals surface area (Å²) in [4.78, 5) is 6.05. The van der Waals surface area contributed by atoms with E-state index in [4.69, 9.17) is 14.5 Å². The molecule has 0 unspecified atom stereocenters. The highest BCUT2D eigenvalue weighted by molar-refractivity contribution is 7.16. The molecule has 1 aromatic heterocycles. The first-order chi connectivity index (χ1) is 16.3. The Hall–Kier alpha value is -3.10. The summed E-state index contributed by atoms with van der Waals surface area (Å²) in [7, 11) is 1.64. The Morgan fingerprint density at radius 1 is 1.18 bits per heavy atom. The molecular weight excluding hydrogens is 440 g/mol. The second-order valence-corrected chi connectivity index (χ2v) is 11.1. The van der Waals surface area contributed by atoms with E-state index in [1.807, 2.05) is 30.5 Å². The quantitative estimate of drug-likeness (QED) is 0.351. The normalized spacial score (nSPS) is 15.7. The zero-order valence-electron chi connectivity index (χ0n) is 20.6. The van der Waals surface area contributed by atoms with Crippen LogP contribution in [0.3, 0.4) is 0 Å². The zero-order chi connectivity index (χ0) is 24.3. The number of nitriles is 1. The molecule has 0 bridgehead atoms. The van der Waals surface area contributed by atoms with Crippen LogP contribution in [0.4, 0.5) is 5.00 Å². The Kier molecular flexibility index (Phi) is 7.09. The summed E-state index contributed by atoms with van der Waals surface area (Å²) in [5.74, 6) is 1.99. The lowest BCUT2D eigenvalue weighted by Crippen LogP contribution is -2.26. The summed E-state index contributed by atoms with van der Waals surface area (Å²) in [5.41, 5.74) is 5.46. The number of fused-ring (bicyclic) bond motifs is 1. The summed E-state index contributed by atoms with van der Waals surface area (Å²) in [6.07, 6.45) is 4.94. The van der Waals surface area contributed by atoms with Crippen molar-refractivity contribution < 1.29 is 9.47 Å². The average Bonchev–Trinajstić information content (AvgIpc) is 3.17. The molecule has 34 heavy (non-hydrogen) atoms. The number of rotatable bonds is 6. The standard InChI is InChI=1S/C29H32N2O2S/c1-19-7-6-8-21(13-19)18-33-25-12-9-20(14-26(25)32-5)17-31-28-24(16-30)23-11-10-22(29(2,3)4)15-27(23)34-28/h6-9,12-14,17,22H,10-11,15,18H2,1-5H3/t22-/m0/s1. The van der Waals surface area contributed by atoms with Crippen molar-refractivity contribution in [1.29, 1.82) is 5.26 Å². The van der Waals surface area contributed by atoms with E-state index in [0.29, 0.717) is 24.0 Å². The van der Waals surface area contributed by atoms with E-state index >= 15 is 0 Å². The molecule has 4 rings (SSSR count). The molecule has 0 radical (unpaired) electrons. The number of benzene rings is 2. The van der Waals surface area contributed by atoms with Crippen LogP contribution in [0.25, 0.3) is 0 Å². The lowest BCUT2D eigenvalue weighted by molar-refractivity contribution is 0.218. The smallest absolute Gasteiger partial charge is 0.161 e. The molecular formula is C29H32N2O2S. The molecule has 1 aliphatic carbocycles. The summed E-state index contributed by atoms with van der Waals surface area (Å²) >= 11 is 1.67. The van der Waals surface area contributed by atoms with Gasteiger partial charge in [0.25, 0.3) is 0 Å². The maximum atomic E-state index is 9.82. The monoisotopic (exact) mass is 472 g/mol. The minimum absolute atomic E-state index is 0.275. The Morgan fingerprint density at radius 2 is 2.00 bits per heavy atom. The molecule has 1 heterocycles. The molecule has 3 aromatic rings. The Bertz CT molecular complexity index is 1240. The third kappa shape index (κ3) is 5.34. The van der Waals surface area contributed by atoms with Crippen LogP contribution < -0.4 is 9.47 Å². The van der Waals surface area contributed by atoms with Gasteiger partial charge in [-0.15, -0.1) is 11.3 Å². The summed E-state index contributed by atoms with van der Waals surface area (Å²) in [6, 6.07) is 16.5. The number of methoxy groups -OCH3 is 1. The topological polar surface area (TPSA) is 54.6 Å². The third-order valence-corrected chi connectivity index (χ3v) is 7.74. The average molecular weight is 473 g/mol. The number of aliphatic imine (C=N–C) groups is 1. The van der Waals surface area contributed by atoms with Crippen molar-refractivity contribution in [2.75, 3.05) is 7.11 Å². The maximum Gasteiger partial charge on any atom is 0.161 e. The first kappa shape index (κ1) is 24.0. The van der Waals surface area contributed by atoms with E-state index in [0.717, 1.165) is 41.0 Å². The largest absolute Gasteiger partial charge is 0.493 e. The van der Waals surface area contributed by atoms with Crippen molar-refractivity contribution >= 4 is 22.6 Å². The molecule has 176 valence electrons. The van der Waals surface area contributed by atoms with Crippen LogP contribution in [0.15, 0.2) is 47.5 Å². The van der Waals surface area contributed by atoms with E-state index in [-0.39, 0.29) is 5.41 Å². The van der Waals surface area contributed by atoms with Gasteiger partial charge in [0.2, 0.25) is 0 Å². The van der Waals surface area contributed by atoms with Crippen LogP contribution in [0.1, 0.15) is 59.9 Å². The van der Waals surface area contributed by atoms with Crippen molar-refractivity contribution in [3.8, 4) is 17.6 Å². The van der Waals surface area contributed by atoms with E-state index in [1.165, 1.54) is 16.0 Å². The van der Waals surface area contributed by atoms with Gasteiger partial charge in [0.1, 0.15) is 17.7 Å². The van der Waals surface area contributed by atoms with Gasteiger partial charge in [-0.2, -0.15) is 5.26 Å². The van der Waals surface area contributed by atoms with Crippen LogP contribution >= 0.6 is 11.3 Å². The predicted octanol–water partition coefficient (Wildman–Crippen LogP) is 7.42. The lowest BCUT2D eigenvalue weighted by atomic mass is 9.72. The fourth-order valence-corrected chi connectivity index (χ4v) is 5.72. The molecule has 0 amide bonds. The van der Waals surface area contributed by atoms with Crippen LogP contribution in [-0.2, 0) is 19.4 Å². The van der Waals surface area contributed by atoms with Crippen molar-refractivity contribution in [3.63, 3.8) is 0 Å². The molecule has 0 N–H and O–H groups in total. The van der Waals surface area contributed by atoms with E-state index in [1.54, 1.807) is 18.4 Å². The van der Waals surface area contributed by atoms with Gasteiger partial charge in [0.15, 0.2) is 11.5 Å². The fourth-order valence-electron chi connectivity index (χ4n) is 4.50. The zero-order valence-corrected chi connectivity index (χ0v) is 21.5. The molecule has 0 fully saturated rings. The Balaban J connectivity index is 1.52. The van der Waals surface area contributed by atoms with Crippen LogP contribution in [0.5, 0.6) is 11.5 Å². The van der Waals surface area contributed by atoms with Gasteiger partial charge >= 0.3 is 0 Å². The number of aryl methyl sites for hydroxylation is 1. The highest BCUT2D eigenvalue weighted by atomic mass is 32.1. The van der Waals surface area contributed by atoms with Crippen molar-refractivity contribution in [2.24, 2.45) is 16.3 Å². The SMILES string of the molecule is COc1cc(C=Nc2sc3c(c2C#N)CC[C@H](C(C)(C)C)C3)ccc1OCc1cccc(C)c1. The van der Waals surface area contributed by atoms with Crippen molar-refractivity contribution in [1.82, 2.24) is 0 Å². The minimum Gasteiger partial charge on any atom is -0.493 e. The van der Waals surface area contributed by atoms with Gasteiger partial charge in [-0.1, -0.05) is 50.6 Å². The third-order valence-electron chi connectivity index (χ3n) is 6.58. The first-order valence-electron chi connectivity index (χ1n) is 11.7. The van der Waals surface area contributed by atoms with Gasteiger partial charge < -0.3 is 9.47 Å². The summed E-state index contributed by atoms with van der Waals surface area (Å²) in [5, 5.41) is 10.6. The molecule has 0 aliphatic heterocycles. The molecule has 0 saturated carbocycles. The molecule has 5 heteroatoms. The van der Waals surface area contributed by atoms with Crippen molar-refractivity contribution in [3.05, 3.63) is 75.2 Å². The summed E-state index contributed by atoms with van der Waals surface area (Å²) < 4.78 is 11.6. The predicted molar refractivity (Wildman–Crippen MR) is 140 cm³/mol. The van der Waals surface area contributed by atoms with Gasteiger partial charge in [-0.05, 0) is 72.4 Å². The van der Waals surface area contributed by atoms with Gasteiger partial charge in [0, 0.05) is 11.1 Å². The number of ether oxygens (including phenoxy) is 2. The number of hydrogen-bond acceptors (Lipinski definition) is 5.